The van der Waals surface area contributed by atoms with E-state index in [1.54, 1.807) is 0 Å². The van der Waals surface area contributed by atoms with E-state index in [1.807, 2.05) is 4.98 Å². The SMILES string of the molecule is Fc1nc(OC(F)(C(F)(F)F)C(F)(F)F)c(F)c(F)c1F. The molecule has 0 aliphatic carbocycles. The van der Waals surface area contributed by atoms with Gasteiger partial charge in [0.25, 0.3) is 11.8 Å². The molecular weight excluding hydrogens is 335 g/mol. The average molecular weight is 335 g/mol. The highest BCUT2D eigenvalue weighted by Crippen LogP contribution is 2.47. The molecule has 120 valence electrons. The molecule has 0 aliphatic rings. The Morgan fingerprint density at radius 2 is 1.10 bits per heavy atom. The predicted molar refractivity (Wildman–Crippen MR) is 40.6 cm³/mol. The normalized spacial score (nSPS) is 13.5. The van der Waals surface area contributed by atoms with Crippen molar-refractivity contribution in [2.24, 2.45) is 0 Å². The minimum absolute atomic E-state index is 1.83. The van der Waals surface area contributed by atoms with Gasteiger partial charge in [0.2, 0.25) is 17.5 Å². The third kappa shape index (κ3) is 2.81. The van der Waals surface area contributed by atoms with Crippen LogP contribution >= 0.6 is 0 Å². The summed E-state index contributed by atoms with van der Waals surface area (Å²) in [6.07, 6.45) is -13.6. The Hall–Kier alpha value is -1.82. The highest BCUT2D eigenvalue weighted by atomic mass is 19.4. The topological polar surface area (TPSA) is 22.1 Å². The van der Waals surface area contributed by atoms with Gasteiger partial charge in [-0.05, 0) is 0 Å². The molecule has 0 atom stereocenters. The summed E-state index contributed by atoms with van der Waals surface area (Å²) in [5.74, 6) is -20.2. The van der Waals surface area contributed by atoms with E-state index in [2.05, 4.69) is 4.74 Å². The van der Waals surface area contributed by atoms with Gasteiger partial charge in [-0.15, -0.1) is 0 Å². The fraction of sp³-hybridized carbons (Fsp3) is 0.375. The van der Waals surface area contributed by atoms with Crippen LogP contribution in [-0.4, -0.2) is 23.2 Å². The number of aromatic nitrogens is 1. The molecule has 1 rings (SSSR count). The van der Waals surface area contributed by atoms with Gasteiger partial charge in [-0.1, -0.05) is 0 Å². The van der Waals surface area contributed by atoms with E-state index in [9.17, 15) is 48.3 Å². The third-order valence-corrected chi connectivity index (χ3v) is 1.92. The molecule has 13 heteroatoms. The first-order valence-corrected chi connectivity index (χ1v) is 4.43. The summed E-state index contributed by atoms with van der Waals surface area (Å²) in [5, 5.41) is 0. The monoisotopic (exact) mass is 335 g/mol. The first-order valence-electron chi connectivity index (χ1n) is 4.43. The number of pyridine rings is 1. The fourth-order valence-corrected chi connectivity index (χ4v) is 0.945. The zero-order chi connectivity index (χ0) is 16.8. The molecule has 1 aromatic heterocycles. The molecule has 0 N–H and O–H groups in total. The summed E-state index contributed by atoms with van der Waals surface area (Å²) in [6.45, 7) is 0. The lowest BCUT2D eigenvalue weighted by Crippen LogP contribution is -2.57. The lowest BCUT2D eigenvalue weighted by atomic mass is 10.3. The second-order valence-corrected chi connectivity index (χ2v) is 3.34. The largest absolute Gasteiger partial charge is 0.470 e. The Bertz CT molecular complexity index is 535. The zero-order valence-corrected chi connectivity index (χ0v) is 9.01. The first kappa shape index (κ1) is 17.2. The molecule has 0 aromatic carbocycles. The van der Waals surface area contributed by atoms with Gasteiger partial charge in [0.1, 0.15) is 0 Å². The number of hydrogen-bond acceptors (Lipinski definition) is 2. The van der Waals surface area contributed by atoms with E-state index in [4.69, 9.17) is 0 Å². The molecule has 0 saturated heterocycles. The van der Waals surface area contributed by atoms with Crippen LogP contribution in [0.2, 0.25) is 0 Å². The molecule has 2 nitrogen and oxygen atoms in total. The third-order valence-electron chi connectivity index (χ3n) is 1.92. The lowest BCUT2D eigenvalue weighted by Gasteiger charge is -2.29. The number of hydrogen-bond donors (Lipinski definition) is 0. The minimum Gasteiger partial charge on any atom is -0.423 e. The van der Waals surface area contributed by atoms with Crippen molar-refractivity contribution < 1.29 is 53.0 Å². The van der Waals surface area contributed by atoms with E-state index in [0.29, 0.717) is 0 Å². The number of ether oxygens (including phenoxy) is 1. The zero-order valence-electron chi connectivity index (χ0n) is 9.01. The summed E-state index contributed by atoms with van der Waals surface area (Å²) < 4.78 is 139. The second kappa shape index (κ2) is 4.87. The second-order valence-electron chi connectivity index (χ2n) is 3.34. The molecular formula is C8F11NO. The predicted octanol–water partition coefficient (Wildman–Crippen LogP) is 3.81. The molecule has 0 spiro atoms. The molecule has 0 unspecified atom stereocenters. The van der Waals surface area contributed by atoms with Crippen molar-refractivity contribution in [3.8, 4) is 5.88 Å². The van der Waals surface area contributed by atoms with Crippen LogP contribution in [0.4, 0.5) is 48.3 Å². The highest BCUT2D eigenvalue weighted by Gasteiger charge is 2.76. The van der Waals surface area contributed by atoms with Crippen molar-refractivity contribution in [1.82, 2.24) is 4.98 Å². The Morgan fingerprint density at radius 1 is 0.667 bits per heavy atom. The summed E-state index contributed by atoms with van der Waals surface area (Å²) >= 11 is 0. The maximum Gasteiger partial charge on any atom is 0.470 e. The molecule has 0 bridgehead atoms. The summed E-state index contributed by atoms with van der Waals surface area (Å²) in [7, 11) is 0. The average Bonchev–Trinajstić information content (AvgIpc) is 2.30. The van der Waals surface area contributed by atoms with Crippen LogP contribution < -0.4 is 4.74 Å². The van der Waals surface area contributed by atoms with Crippen molar-refractivity contribution >= 4 is 0 Å². The van der Waals surface area contributed by atoms with E-state index in [1.165, 1.54) is 0 Å². The fourth-order valence-electron chi connectivity index (χ4n) is 0.945. The van der Waals surface area contributed by atoms with Crippen LogP contribution in [0.15, 0.2) is 0 Å². The molecule has 21 heavy (non-hydrogen) atoms. The molecule has 0 amide bonds. The Kier molecular flexibility index (Phi) is 4.00. The van der Waals surface area contributed by atoms with Gasteiger partial charge >= 0.3 is 18.2 Å². The lowest BCUT2D eigenvalue weighted by molar-refractivity contribution is -0.407. The van der Waals surface area contributed by atoms with Crippen LogP contribution in [0.3, 0.4) is 0 Å². The van der Waals surface area contributed by atoms with E-state index in [0.717, 1.165) is 0 Å². The van der Waals surface area contributed by atoms with Crippen molar-refractivity contribution in [2.75, 3.05) is 0 Å². The standard InChI is InChI=1S/C8F11NO/c9-1-2(10)4(12)20-5(3(1)11)21-6(13,7(14,15)16)8(17,18)19. The van der Waals surface area contributed by atoms with E-state index >= 15 is 0 Å². The summed E-state index contributed by atoms with van der Waals surface area (Å²) in [6, 6.07) is 0. The molecule has 0 saturated carbocycles. The Balaban J connectivity index is 3.43. The molecule has 0 fully saturated rings. The first-order chi connectivity index (χ1) is 9.22. The summed E-state index contributed by atoms with van der Waals surface area (Å²) in [4.78, 5) is 1.83. The Morgan fingerprint density at radius 3 is 1.48 bits per heavy atom. The van der Waals surface area contributed by atoms with Gasteiger partial charge < -0.3 is 4.74 Å². The maximum absolute atomic E-state index is 13.0. The van der Waals surface area contributed by atoms with Crippen LogP contribution in [-0.2, 0) is 0 Å². The van der Waals surface area contributed by atoms with Crippen LogP contribution in [0.5, 0.6) is 5.88 Å². The number of alkyl halides is 7. The highest BCUT2D eigenvalue weighted by molar-refractivity contribution is 5.18. The molecule has 0 radical (unpaired) electrons. The molecule has 1 heterocycles. The van der Waals surface area contributed by atoms with Crippen LogP contribution in [0, 0.1) is 23.4 Å². The van der Waals surface area contributed by atoms with Gasteiger partial charge in [0.05, 0.1) is 0 Å². The molecule has 0 aliphatic heterocycles. The van der Waals surface area contributed by atoms with Gasteiger partial charge in [0, 0.05) is 0 Å². The maximum atomic E-state index is 13.0. The van der Waals surface area contributed by atoms with E-state index < -0.39 is 47.5 Å². The van der Waals surface area contributed by atoms with Gasteiger partial charge in [-0.2, -0.15) is 48.9 Å². The van der Waals surface area contributed by atoms with Crippen molar-refractivity contribution in [2.45, 2.75) is 18.2 Å². The van der Waals surface area contributed by atoms with E-state index in [-0.39, 0.29) is 0 Å². The minimum atomic E-state index is -6.79. The van der Waals surface area contributed by atoms with Gasteiger partial charge in [-0.25, -0.2) is 4.39 Å². The van der Waals surface area contributed by atoms with Gasteiger partial charge in [-0.3, -0.25) is 0 Å². The smallest absolute Gasteiger partial charge is 0.423 e. The molecule has 1 aromatic rings. The summed E-state index contributed by atoms with van der Waals surface area (Å²) in [5.41, 5.74) is 0. The number of nitrogens with zero attached hydrogens (tertiary/aromatic N) is 1. The van der Waals surface area contributed by atoms with Crippen molar-refractivity contribution in [1.29, 1.82) is 0 Å². The van der Waals surface area contributed by atoms with Gasteiger partial charge in [0.15, 0.2) is 0 Å². The van der Waals surface area contributed by atoms with Crippen LogP contribution in [0.1, 0.15) is 0 Å². The number of halogens is 11. The van der Waals surface area contributed by atoms with Crippen molar-refractivity contribution in [3.05, 3.63) is 23.4 Å². The van der Waals surface area contributed by atoms with Crippen molar-refractivity contribution in [3.63, 3.8) is 0 Å². The Labute approximate surface area is 107 Å². The number of rotatable bonds is 2. The quantitative estimate of drug-likeness (QED) is 0.606. The van der Waals surface area contributed by atoms with Crippen LogP contribution in [0.25, 0.3) is 0 Å².